The third-order valence-corrected chi connectivity index (χ3v) is 3.13. The van der Waals surface area contributed by atoms with Crippen molar-refractivity contribution in [3.05, 3.63) is 0 Å². The van der Waals surface area contributed by atoms with Crippen LogP contribution in [0.1, 0.15) is 6.92 Å². The number of nitrogens with zero attached hydrogens (tertiary/aromatic N) is 5. The molecular formula is C8H14F3N5S. The molecule has 0 spiro atoms. The van der Waals surface area contributed by atoms with Crippen molar-refractivity contribution >= 4 is 11.8 Å². The van der Waals surface area contributed by atoms with Crippen LogP contribution in [0.5, 0.6) is 0 Å². The van der Waals surface area contributed by atoms with E-state index < -0.39 is 11.4 Å². The van der Waals surface area contributed by atoms with Gasteiger partial charge in [-0.3, -0.25) is 0 Å². The molecule has 1 atom stereocenters. The minimum absolute atomic E-state index is 0.191. The summed E-state index contributed by atoms with van der Waals surface area (Å²) in [4.78, 5) is 1.91. The van der Waals surface area contributed by atoms with Crippen molar-refractivity contribution in [2.24, 2.45) is 0 Å². The summed E-state index contributed by atoms with van der Waals surface area (Å²) in [5, 5.41) is 9.32. The molecule has 17 heavy (non-hydrogen) atoms. The summed E-state index contributed by atoms with van der Waals surface area (Å²) in [6.07, 6.45) is -4.25. The Hall–Kier alpha value is -0.830. The van der Waals surface area contributed by atoms with E-state index in [0.717, 1.165) is 6.92 Å². The molecule has 0 saturated carbocycles. The molecule has 5 nitrogen and oxygen atoms in total. The van der Waals surface area contributed by atoms with E-state index in [4.69, 9.17) is 0 Å². The zero-order chi connectivity index (χ0) is 13.1. The maximum Gasteiger partial charge on any atom is 0.400 e. The molecule has 0 aliphatic carbocycles. The van der Waals surface area contributed by atoms with E-state index >= 15 is 0 Å². The van der Waals surface area contributed by atoms with Crippen molar-refractivity contribution in [2.75, 3.05) is 20.6 Å². The van der Waals surface area contributed by atoms with Crippen LogP contribution in [0, 0.1) is 0 Å². The summed E-state index contributed by atoms with van der Waals surface area (Å²) in [5.41, 5.74) is 0. The Balaban J connectivity index is 2.63. The Labute approximate surface area is 101 Å². The van der Waals surface area contributed by atoms with Gasteiger partial charge in [0.25, 0.3) is 0 Å². The number of alkyl halides is 3. The van der Waals surface area contributed by atoms with Crippen molar-refractivity contribution in [2.45, 2.75) is 30.1 Å². The van der Waals surface area contributed by atoms with Crippen LogP contribution in [0.3, 0.4) is 0 Å². The molecule has 0 radical (unpaired) electrons. The number of aromatic nitrogens is 4. The van der Waals surface area contributed by atoms with Gasteiger partial charge in [0.1, 0.15) is 5.25 Å². The minimum atomic E-state index is -4.25. The van der Waals surface area contributed by atoms with Gasteiger partial charge in [-0.05, 0) is 31.4 Å². The van der Waals surface area contributed by atoms with Crippen molar-refractivity contribution in [3.63, 3.8) is 0 Å². The van der Waals surface area contributed by atoms with Crippen molar-refractivity contribution < 1.29 is 13.2 Å². The molecule has 9 heteroatoms. The van der Waals surface area contributed by atoms with Crippen LogP contribution in [0.25, 0.3) is 0 Å². The maximum atomic E-state index is 12.4. The van der Waals surface area contributed by atoms with Crippen LogP contribution in [-0.4, -0.2) is 57.2 Å². The van der Waals surface area contributed by atoms with Crippen molar-refractivity contribution in [1.82, 2.24) is 25.1 Å². The number of halogens is 3. The summed E-state index contributed by atoms with van der Waals surface area (Å²) >= 11 is 0.619. The molecule has 0 N–H and O–H groups in total. The van der Waals surface area contributed by atoms with Gasteiger partial charge in [0.2, 0.25) is 5.16 Å². The Morgan fingerprint density at radius 1 is 1.41 bits per heavy atom. The highest BCUT2D eigenvalue weighted by atomic mass is 32.2. The second kappa shape index (κ2) is 5.67. The number of tetrazole rings is 1. The van der Waals surface area contributed by atoms with Gasteiger partial charge in [0.15, 0.2) is 0 Å². The summed E-state index contributed by atoms with van der Waals surface area (Å²) in [6, 6.07) is 0. The lowest BCUT2D eigenvalue weighted by molar-refractivity contribution is -0.125. The van der Waals surface area contributed by atoms with E-state index in [0.29, 0.717) is 24.9 Å². The van der Waals surface area contributed by atoms with E-state index in [9.17, 15) is 13.2 Å². The Morgan fingerprint density at radius 2 is 2.06 bits per heavy atom. The molecule has 0 bridgehead atoms. The highest BCUT2D eigenvalue weighted by Gasteiger charge is 2.37. The molecule has 98 valence electrons. The summed E-state index contributed by atoms with van der Waals surface area (Å²) in [5.74, 6) is 0. The molecule has 0 unspecified atom stereocenters. The standard InChI is InChI=1S/C8H14F3N5S/c1-6(8(9,10)11)17-7-12-13-14-16(7)5-4-15(2)3/h6H,4-5H2,1-3H3/t6-/m0/s1. The van der Waals surface area contributed by atoms with Crippen LogP contribution < -0.4 is 0 Å². The number of likely N-dealkylation sites (N-methyl/N-ethyl adjacent to an activating group) is 1. The Kier molecular flexibility index (Phi) is 4.75. The van der Waals surface area contributed by atoms with E-state index in [1.165, 1.54) is 4.68 Å². The first kappa shape index (κ1) is 14.2. The van der Waals surface area contributed by atoms with Crippen molar-refractivity contribution in [3.8, 4) is 0 Å². The second-order valence-corrected chi connectivity index (χ2v) is 5.10. The summed E-state index contributed by atoms with van der Waals surface area (Å²) in [7, 11) is 3.74. The average Bonchev–Trinajstić information content (AvgIpc) is 2.60. The number of hydrogen-bond donors (Lipinski definition) is 0. The predicted octanol–water partition coefficient (Wildman–Crippen LogP) is 1.28. The zero-order valence-electron chi connectivity index (χ0n) is 9.77. The smallest absolute Gasteiger partial charge is 0.308 e. The first-order chi connectivity index (χ1) is 7.80. The molecule has 0 aromatic carbocycles. The van der Waals surface area contributed by atoms with E-state index in [-0.39, 0.29) is 5.16 Å². The molecule has 1 aromatic rings. The van der Waals surface area contributed by atoms with Gasteiger partial charge in [-0.15, -0.1) is 5.10 Å². The summed E-state index contributed by atoms with van der Waals surface area (Å²) in [6.45, 7) is 2.22. The third-order valence-electron chi connectivity index (χ3n) is 2.00. The quantitative estimate of drug-likeness (QED) is 0.754. The number of thioether (sulfide) groups is 1. The topological polar surface area (TPSA) is 46.8 Å². The largest absolute Gasteiger partial charge is 0.400 e. The van der Waals surface area contributed by atoms with Gasteiger partial charge in [0.05, 0.1) is 6.54 Å². The molecule has 0 fully saturated rings. The first-order valence-electron chi connectivity index (χ1n) is 4.95. The fourth-order valence-electron chi connectivity index (χ4n) is 0.941. The van der Waals surface area contributed by atoms with Gasteiger partial charge in [0, 0.05) is 6.54 Å². The zero-order valence-corrected chi connectivity index (χ0v) is 10.6. The lowest BCUT2D eigenvalue weighted by atomic mass is 10.5. The van der Waals surface area contributed by atoms with Crippen LogP contribution in [0.15, 0.2) is 5.16 Å². The minimum Gasteiger partial charge on any atom is -0.308 e. The molecule has 0 aliphatic rings. The molecule has 0 saturated heterocycles. The normalized spacial score (nSPS) is 14.3. The van der Waals surface area contributed by atoms with Gasteiger partial charge in [-0.2, -0.15) is 13.2 Å². The van der Waals surface area contributed by atoms with E-state index in [1.54, 1.807) is 0 Å². The van der Waals surface area contributed by atoms with Crippen molar-refractivity contribution in [1.29, 1.82) is 0 Å². The molecular weight excluding hydrogens is 255 g/mol. The van der Waals surface area contributed by atoms with E-state index in [1.807, 2.05) is 19.0 Å². The lowest BCUT2D eigenvalue weighted by Crippen LogP contribution is -2.24. The van der Waals surface area contributed by atoms with Crippen LogP contribution >= 0.6 is 11.8 Å². The monoisotopic (exact) mass is 269 g/mol. The molecule has 0 aliphatic heterocycles. The van der Waals surface area contributed by atoms with Gasteiger partial charge < -0.3 is 4.90 Å². The fraction of sp³-hybridized carbons (Fsp3) is 0.875. The molecule has 1 rings (SSSR count). The highest BCUT2D eigenvalue weighted by Crippen LogP contribution is 2.33. The third kappa shape index (κ3) is 4.50. The van der Waals surface area contributed by atoms with Gasteiger partial charge >= 0.3 is 6.18 Å². The molecule has 1 aromatic heterocycles. The fourth-order valence-corrected chi connectivity index (χ4v) is 1.72. The molecule has 0 amide bonds. The van der Waals surface area contributed by atoms with Crippen LogP contribution in [-0.2, 0) is 6.54 Å². The average molecular weight is 269 g/mol. The van der Waals surface area contributed by atoms with Crippen LogP contribution in [0.2, 0.25) is 0 Å². The Morgan fingerprint density at radius 3 is 2.59 bits per heavy atom. The second-order valence-electron chi connectivity index (χ2n) is 3.79. The lowest BCUT2D eigenvalue weighted by Gasteiger charge is -2.14. The van der Waals surface area contributed by atoms with E-state index in [2.05, 4.69) is 15.5 Å². The SMILES string of the molecule is C[C@H](Sc1nnnn1CCN(C)C)C(F)(F)F. The van der Waals surface area contributed by atoms with Gasteiger partial charge in [-0.1, -0.05) is 11.8 Å². The Bertz CT molecular complexity index is 351. The van der Waals surface area contributed by atoms with Crippen LogP contribution in [0.4, 0.5) is 13.2 Å². The number of rotatable bonds is 5. The number of hydrogen-bond acceptors (Lipinski definition) is 5. The van der Waals surface area contributed by atoms with Gasteiger partial charge in [-0.25, -0.2) is 4.68 Å². The molecule has 1 heterocycles. The highest BCUT2D eigenvalue weighted by molar-refractivity contribution is 7.99. The summed E-state index contributed by atoms with van der Waals surface area (Å²) < 4.78 is 38.5. The maximum absolute atomic E-state index is 12.4. The predicted molar refractivity (Wildman–Crippen MR) is 57.7 cm³/mol. The first-order valence-corrected chi connectivity index (χ1v) is 5.83.